The second-order valence-electron chi connectivity index (χ2n) is 4.94. The van der Waals surface area contributed by atoms with Crippen molar-refractivity contribution in [2.45, 2.75) is 13.8 Å². The van der Waals surface area contributed by atoms with Crippen molar-refractivity contribution >= 4 is 11.0 Å². The van der Waals surface area contributed by atoms with Gasteiger partial charge in [0.25, 0.3) is 0 Å². The largest absolute Gasteiger partial charge is 0.505 e. The van der Waals surface area contributed by atoms with Crippen molar-refractivity contribution in [2.24, 2.45) is 0 Å². The van der Waals surface area contributed by atoms with Crippen LogP contribution in [0, 0.1) is 0 Å². The molecule has 5 nitrogen and oxygen atoms in total. The Morgan fingerprint density at radius 2 is 1.76 bits per heavy atom. The number of phenolic OH excluding ortho intramolecular Hbond substituents is 1. The molecule has 3 aromatic rings. The highest BCUT2D eigenvalue weighted by atomic mass is 16.5. The minimum absolute atomic E-state index is 0.0648. The van der Waals surface area contributed by atoms with Gasteiger partial charge in [-0.25, -0.2) is 0 Å². The average molecular weight is 281 g/mol. The Balaban J connectivity index is 1.97. The fourth-order valence-corrected chi connectivity index (χ4v) is 1.90. The van der Waals surface area contributed by atoms with Crippen LogP contribution in [0.2, 0.25) is 0 Å². The number of allylic oxidation sites excluding steroid dienone is 1. The van der Waals surface area contributed by atoms with Crippen molar-refractivity contribution in [3.63, 3.8) is 0 Å². The molecule has 0 bridgehead atoms. The van der Waals surface area contributed by atoms with Crippen molar-refractivity contribution in [3.8, 4) is 17.2 Å². The molecule has 0 aliphatic carbocycles. The van der Waals surface area contributed by atoms with Crippen LogP contribution < -0.4 is 4.74 Å². The summed E-state index contributed by atoms with van der Waals surface area (Å²) in [5.41, 5.74) is 3.11. The standard InChI is InChI=1S/C16H15N3O2/c1-11(2)10-21-12-7-8-15(16(20)9-12)19-17-13-5-3-4-6-14(13)18-19/h3-10,20H,1-2H3. The summed E-state index contributed by atoms with van der Waals surface area (Å²) in [4.78, 5) is 1.42. The maximum Gasteiger partial charge on any atom is 0.146 e. The molecule has 0 spiro atoms. The summed E-state index contributed by atoms with van der Waals surface area (Å²) < 4.78 is 5.43. The Morgan fingerprint density at radius 1 is 1.10 bits per heavy atom. The van der Waals surface area contributed by atoms with Crippen LogP contribution >= 0.6 is 0 Å². The molecule has 21 heavy (non-hydrogen) atoms. The maximum absolute atomic E-state index is 10.1. The third kappa shape index (κ3) is 2.72. The van der Waals surface area contributed by atoms with E-state index in [0.29, 0.717) is 11.4 Å². The molecule has 1 heterocycles. The first-order valence-electron chi connectivity index (χ1n) is 6.59. The molecule has 0 radical (unpaired) electrons. The van der Waals surface area contributed by atoms with Crippen LogP contribution in [0.15, 0.2) is 54.3 Å². The molecule has 0 aliphatic heterocycles. The average Bonchev–Trinajstić information content (AvgIpc) is 2.88. The highest BCUT2D eigenvalue weighted by molar-refractivity contribution is 5.73. The van der Waals surface area contributed by atoms with E-state index >= 15 is 0 Å². The third-order valence-corrected chi connectivity index (χ3v) is 2.88. The third-order valence-electron chi connectivity index (χ3n) is 2.88. The van der Waals surface area contributed by atoms with Crippen LogP contribution in [0.5, 0.6) is 11.5 Å². The van der Waals surface area contributed by atoms with Gasteiger partial charge in [0.05, 0.1) is 6.26 Å². The zero-order chi connectivity index (χ0) is 14.8. The normalized spacial score (nSPS) is 10.6. The Bertz CT molecular complexity index is 784. The number of ether oxygens (including phenoxy) is 1. The van der Waals surface area contributed by atoms with Crippen LogP contribution in [-0.2, 0) is 0 Å². The van der Waals surface area contributed by atoms with Gasteiger partial charge < -0.3 is 9.84 Å². The number of hydrogen-bond acceptors (Lipinski definition) is 4. The Kier molecular flexibility index (Phi) is 3.31. The predicted octanol–water partition coefficient (Wildman–Crippen LogP) is 3.43. The van der Waals surface area contributed by atoms with Gasteiger partial charge in [-0.2, -0.15) is 0 Å². The van der Waals surface area contributed by atoms with Crippen LogP contribution in [0.25, 0.3) is 16.7 Å². The van der Waals surface area contributed by atoms with Gasteiger partial charge in [0.15, 0.2) is 0 Å². The molecule has 0 unspecified atom stereocenters. The lowest BCUT2D eigenvalue weighted by atomic mass is 10.3. The number of nitrogens with zero attached hydrogens (tertiary/aromatic N) is 3. The van der Waals surface area contributed by atoms with Crippen LogP contribution in [0.4, 0.5) is 0 Å². The van der Waals surface area contributed by atoms with Crippen molar-refractivity contribution in [3.05, 3.63) is 54.3 Å². The second-order valence-corrected chi connectivity index (χ2v) is 4.94. The Labute approximate surface area is 122 Å². The molecule has 0 aliphatic rings. The van der Waals surface area contributed by atoms with Crippen molar-refractivity contribution in [2.75, 3.05) is 0 Å². The topological polar surface area (TPSA) is 60.2 Å². The number of aromatic hydroxyl groups is 1. The molecule has 3 rings (SSSR count). The highest BCUT2D eigenvalue weighted by Gasteiger charge is 2.09. The smallest absolute Gasteiger partial charge is 0.146 e. The molecule has 0 atom stereocenters. The molecular weight excluding hydrogens is 266 g/mol. The van der Waals surface area contributed by atoms with Crippen LogP contribution in [0.3, 0.4) is 0 Å². The lowest BCUT2D eigenvalue weighted by molar-refractivity contribution is 0.447. The minimum atomic E-state index is 0.0648. The monoisotopic (exact) mass is 281 g/mol. The van der Waals surface area contributed by atoms with E-state index in [1.54, 1.807) is 24.5 Å². The molecule has 0 amide bonds. The Hall–Kier alpha value is -2.82. The molecule has 0 saturated heterocycles. The molecule has 106 valence electrons. The number of phenols is 1. The number of rotatable bonds is 3. The molecule has 5 heteroatoms. The summed E-state index contributed by atoms with van der Waals surface area (Å²) in [5.74, 6) is 0.629. The second kappa shape index (κ2) is 5.28. The summed E-state index contributed by atoms with van der Waals surface area (Å²) in [6.45, 7) is 3.88. The first-order valence-corrected chi connectivity index (χ1v) is 6.59. The van der Waals surface area contributed by atoms with Crippen molar-refractivity contribution in [1.29, 1.82) is 0 Å². The molecule has 1 aromatic heterocycles. The zero-order valence-electron chi connectivity index (χ0n) is 11.8. The maximum atomic E-state index is 10.1. The van der Waals surface area contributed by atoms with Crippen LogP contribution in [-0.4, -0.2) is 20.1 Å². The minimum Gasteiger partial charge on any atom is -0.505 e. The van der Waals surface area contributed by atoms with Gasteiger partial charge in [-0.15, -0.1) is 15.0 Å². The summed E-state index contributed by atoms with van der Waals surface area (Å²) >= 11 is 0. The van der Waals surface area contributed by atoms with E-state index in [0.717, 1.165) is 16.6 Å². The summed E-state index contributed by atoms with van der Waals surface area (Å²) in [5, 5.41) is 18.8. The quantitative estimate of drug-likeness (QED) is 0.747. The van der Waals surface area contributed by atoms with Gasteiger partial charge >= 0.3 is 0 Å². The van der Waals surface area contributed by atoms with E-state index in [1.165, 1.54) is 4.80 Å². The number of fused-ring (bicyclic) bond motifs is 1. The molecule has 0 saturated carbocycles. The van der Waals surface area contributed by atoms with Crippen molar-refractivity contribution < 1.29 is 9.84 Å². The van der Waals surface area contributed by atoms with Gasteiger partial charge in [0.2, 0.25) is 0 Å². The zero-order valence-corrected chi connectivity index (χ0v) is 11.8. The lowest BCUT2D eigenvalue weighted by Crippen LogP contribution is -1.99. The van der Waals surface area contributed by atoms with Gasteiger partial charge in [-0.05, 0) is 43.7 Å². The van der Waals surface area contributed by atoms with Gasteiger partial charge in [0, 0.05) is 6.07 Å². The van der Waals surface area contributed by atoms with E-state index in [-0.39, 0.29) is 5.75 Å². The molecular formula is C16H15N3O2. The fraction of sp³-hybridized carbons (Fsp3) is 0.125. The summed E-state index contributed by atoms with van der Waals surface area (Å²) in [6, 6.07) is 12.6. The SMILES string of the molecule is CC(C)=COc1ccc(-n2nc3ccccc3n2)c(O)c1. The van der Waals surface area contributed by atoms with Crippen molar-refractivity contribution in [1.82, 2.24) is 15.0 Å². The lowest BCUT2D eigenvalue weighted by Gasteiger charge is -2.06. The van der Waals surface area contributed by atoms with E-state index in [1.807, 2.05) is 38.1 Å². The van der Waals surface area contributed by atoms with E-state index in [4.69, 9.17) is 4.74 Å². The number of aromatic nitrogens is 3. The van der Waals surface area contributed by atoms with E-state index in [9.17, 15) is 5.11 Å². The van der Waals surface area contributed by atoms with Gasteiger partial charge in [-0.3, -0.25) is 0 Å². The first-order chi connectivity index (χ1) is 10.1. The van der Waals surface area contributed by atoms with E-state index in [2.05, 4.69) is 10.2 Å². The summed E-state index contributed by atoms with van der Waals surface area (Å²) in [7, 11) is 0. The number of hydrogen-bond donors (Lipinski definition) is 1. The molecule has 1 N–H and O–H groups in total. The van der Waals surface area contributed by atoms with Gasteiger partial charge in [-0.1, -0.05) is 12.1 Å². The first kappa shape index (κ1) is 13.2. The Morgan fingerprint density at radius 3 is 2.33 bits per heavy atom. The summed E-state index contributed by atoms with van der Waals surface area (Å²) in [6.07, 6.45) is 1.63. The molecule has 2 aromatic carbocycles. The number of benzene rings is 2. The molecule has 0 fully saturated rings. The van der Waals surface area contributed by atoms with E-state index < -0.39 is 0 Å². The fourth-order valence-electron chi connectivity index (χ4n) is 1.90. The van der Waals surface area contributed by atoms with Crippen LogP contribution in [0.1, 0.15) is 13.8 Å². The highest BCUT2D eigenvalue weighted by Crippen LogP contribution is 2.27. The van der Waals surface area contributed by atoms with Gasteiger partial charge in [0.1, 0.15) is 28.2 Å². The predicted molar refractivity (Wildman–Crippen MR) is 80.6 cm³/mol.